The maximum Gasteiger partial charge on any atom is 0.155 e. The summed E-state index contributed by atoms with van der Waals surface area (Å²) >= 11 is 0. The van der Waals surface area contributed by atoms with Gasteiger partial charge in [0.05, 0.1) is 11.0 Å². The Labute approximate surface area is 225 Å². The van der Waals surface area contributed by atoms with Gasteiger partial charge in [0.1, 0.15) is 5.75 Å². The second kappa shape index (κ2) is 7.32. The number of fused-ring (bicyclic) bond motifs is 13. The highest BCUT2D eigenvalue weighted by Gasteiger charge is 2.41. The van der Waals surface area contributed by atoms with Crippen molar-refractivity contribution in [3.8, 4) is 11.5 Å². The molecule has 0 amide bonds. The average molecular weight is 498 g/mol. The van der Waals surface area contributed by atoms with Gasteiger partial charge in [-0.15, -0.1) is 0 Å². The van der Waals surface area contributed by atoms with Crippen molar-refractivity contribution in [3.05, 3.63) is 106 Å². The van der Waals surface area contributed by atoms with E-state index in [1.165, 1.54) is 63.3 Å². The number of benzene rings is 4. The van der Waals surface area contributed by atoms with E-state index in [4.69, 9.17) is 4.74 Å². The molecule has 0 saturated heterocycles. The molecule has 8 rings (SSSR count). The average Bonchev–Trinajstić information content (AvgIpc) is 3.52. The molecule has 2 bridgehead atoms. The van der Waals surface area contributed by atoms with Gasteiger partial charge in [-0.25, -0.2) is 0 Å². The summed E-state index contributed by atoms with van der Waals surface area (Å²) in [5, 5.41) is 2.66. The molecule has 38 heavy (non-hydrogen) atoms. The lowest BCUT2D eigenvalue weighted by Gasteiger charge is -2.35. The minimum absolute atomic E-state index is 0.0469. The van der Waals surface area contributed by atoms with Crippen molar-refractivity contribution >= 4 is 21.8 Å². The molecule has 1 saturated carbocycles. The molecule has 2 nitrogen and oxygen atoms in total. The topological polar surface area (TPSA) is 14.2 Å². The van der Waals surface area contributed by atoms with Crippen LogP contribution in [0.1, 0.15) is 92.2 Å². The first-order valence-electron chi connectivity index (χ1n) is 14.2. The van der Waals surface area contributed by atoms with Gasteiger partial charge < -0.3 is 9.30 Å². The highest BCUT2D eigenvalue weighted by molar-refractivity contribution is 6.12. The van der Waals surface area contributed by atoms with Crippen LogP contribution in [0, 0.1) is 0 Å². The normalized spacial score (nSPS) is 22.1. The van der Waals surface area contributed by atoms with Crippen LogP contribution in [-0.2, 0) is 17.9 Å². The van der Waals surface area contributed by atoms with Gasteiger partial charge in [0.15, 0.2) is 5.75 Å². The fraction of sp³-hybridized carbons (Fsp3) is 0.333. The third kappa shape index (κ3) is 2.69. The Kier molecular flexibility index (Phi) is 4.32. The summed E-state index contributed by atoms with van der Waals surface area (Å²) in [6.45, 7) is 9.54. The van der Waals surface area contributed by atoms with Crippen LogP contribution in [0.4, 0.5) is 0 Å². The number of nitrogens with zero attached hydrogens (tertiary/aromatic N) is 1. The van der Waals surface area contributed by atoms with E-state index in [2.05, 4.69) is 112 Å². The van der Waals surface area contributed by atoms with E-state index in [9.17, 15) is 0 Å². The van der Waals surface area contributed by atoms with Gasteiger partial charge in [-0.3, -0.25) is 0 Å². The van der Waals surface area contributed by atoms with Crippen LogP contribution in [-0.4, -0.2) is 4.57 Å². The van der Waals surface area contributed by atoms with Gasteiger partial charge in [-0.05, 0) is 59.4 Å². The Morgan fingerprint density at radius 3 is 2.11 bits per heavy atom. The van der Waals surface area contributed by atoms with Crippen LogP contribution in [0.2, 0.25) is 0 Å². The van der Waals surface area contributed by atoms with E-state index in [0.717, 1.165) is 11.5 Å². The molecule has 1 unspecified atom stereocenters. The third-order valence-electron chi connectivity index (χ3n) is 10.3. The Morgan fingerprint density at radius 1 is 0.658 bits per heavy atom. The minimum Gasteiger partial charge on any atom is -0.455 e. The Bertz CT molecular complexity index is 1800. The molecule has 1 aromatic heterocycles. The molecule has 2 atom stereocenters. The van der Waals surface area contributed by atoms with Crippen LogP contribution < -0.4 is 4.74 Å². The highest BCUT2D eigenvalue weighted by atomic mass is 16.5. The van der Waals surface area contributed by atoms with E-state index in [1.807, 2.05) is 0 Å². The molecular weight excluding hydrogens is 462 g/mol. The standard InChI is InChI=1S/C36H35NO/c1-35(2)26-11-7-6-10-23(26)21-14-15-22(20-21)31-28(35)18-16-24-25-17-19-29-34(33(25)37(5)32(24)31)38-30-13-9-8-12-27(30)36(29,3)4/h6-13,16-19,21-22H,14-15,20H2,1-5H3/t21?,22-/m1/s1. The molecule has 4 aromatic carbocycles. The van der Waals surface area contributed by atoms with Crippen LogP contribution in [0.15, 0.2) is 72.8 Å². The zero-order valence-corrected chi connectivity index (χ0v) is 23.1. The molecule has 2 heterocycles. The first kappa shape index (κ1) is 22.5. The zero-order valence-electron chi connectivity index (χ0n) is 23.1. The van der Waals surface area contributed by atoms with Crippen molar-refractivity contribution < 1.29 is 4.74 Å². The molecular formula is C36H35NO. The molecule has 0 N–H and O–H groups in total. The largest absolute Gasteiger partial charge is 0.455 e. The maximum atomic E-state index is 6.75. The lowest BCUT2D eigenvalue weighted by molar-refractivity contribution is 0.421. The van der Waals surface area contributed by atoms with Gasteiger partial charge in [-0.2, -0.15) is 0 Å². The third-order valence-corrected chi connectivity index (χ3v) is 10.3. The zero-order chi connectivity index (χ0) is 26.0. The fourth-order valence-corrected chi connectivity index (χ4v) is 8.39. The minimum atomic E-state index is -0.117. The summed E-state index contributed by atoms with van der Waals surface area (Å²) in [4.78, 5) is 0. The summed E-state index contributed by atoms with van der Waals surface area (Å²) in [7, 11) is 2.27. The lowest BCUT2D eigenvalue weighted by atomic mass is 9.68. The van der Waals surface area contributed by atoms with E-state index in [-0.39, 0.29) is 10.8 Å². The van der Waals surface area contributed by atoms with Crippen molar-refractivity contribution in [1.82, 2.24) is 4.57 Å². The highest BCUT2D eigenvalue weighted by Crippen LogP contribution is 2.56. The Morgan fingerprint density at radius 2 is 1.29 bits per heavy atom. The molecule has 1 aliphatic heterocycles. The molecule has 5 aromatic rings. The number of aryl methyl sites for hydroxylation is 1. The van der Waals surface area contributed by atoms with Gasteiger partial charge in [0, 0.05) is 39.8 Å². The fourth-order valence-electron chi connectivity index (χ4n) is 8.39. The summed E-state index contributed by atoms with van der Waals surface area (Å²) in [6.07, 6.45) is 3.79. The van der Waals surface area contributed by atoms with Crippen LogP contribution >= 0.6 is 0 Å². The van der Waals surface area contributed by atoms with Crippen LogP contribution in [0.3, 0.4) is 0 Å². The van der Waals surface area contributed by atoms with Crippen LogP contribution in [0.5, 0.6) is 11.5 Å². The lowest BCUT2D eigenvalue weighted by Crippen LogP contribution is -2.26. The van der Waals surface area contributed by atoms with Gasteiger partial charge in [0.2, 0.25) is 0 Å². The molecule has 1 fully saturated rings. The molecule has 0 radical (unpaired) electrons. The number of hydrogen-bond donors (Lipinski definition) is 0. The van der Waals surface area contributed by atoms with Crippen molar-refractivity contribution in [3.63, 3.8) is 0 Å². The monoisotopic (exact) mass is 497 g/mol. The Hall–Kier alpha value is -3.52. The number of aromatic nitrogens is 1. The summed E-state index contributed by atoms with van der Waals surface area (Å²) in [5.74, 6) is 3.25. The van der Waals surface area contributed by atoms with Crippen molar-refractivity contribution in [2.45, 2.75) is 69.6 Å². The first-order valence-corrected chi connectivity index (χ1v) is 14.2. The van der Waals surface area contributed by atoms with Gasteiger partial charge in [0.25, 0.3) is 0 Å². The van der Waals surface area contributed by atoms with Crippen molar-refractivity contribution in [2.24, 2.45) is 7.05 Å². The first-order chi connectivity index (χ1) is 18.3. The summed E-state index contributed by atoms with van der Waals surface area (Å²) in [6, 6.07) is 27.3. The predicted octanol–water partition coefficient (Wildman–Crippen LogP) is 9.45. The number of hydrogen-bond acceptors (Lipinski definition) is 1. The van der Waals surface area contributed by atoms with E-state index >= 15 is 0 Å². The molecule has 3 aliphatic rings. The second-order valence-corrected chi connectivity index (χ2v) is 13.0. The number of para-hydroxylation sites is 1. The SMILES string of the molecule is Cn1c2c3c(ccc2c2ccc4c(c21)[C@@H]1CCC(C1)c1ccccc1C4(C)C)C(C)(C)c1ccccc1O3. The molecule has 0 spiro atoms. The maximum absolute atomic E-state index is 6.75. The van der Waals surface area contributed by atoms with Gasteiger partial charge in [-0.1, -0.05) is 94.4 Å². The Balaban J connectivity index is 1.46. The summed E-state index contributed by atoms with van der Waals surface area (Å²) < 4.78 is 9.23. The van der Waals surface area contributed by atoms with E-state index < -0.39 is 0 Å². The second-order valence-electron chi connectivity index (χ2n) is 13.0. The van der Waals surface area contributed by atoms with Crippen molar-refractivity contribution in [2.75, 3.05) is 0 Å². The number of ether oxygens (including phenoxy) is 1. The van der Waals surface area contributed by atoms with Gasteiger partial charge >= 0.3 is 0 Å². The number of rotatable bonds is 0. The van der Waals surface area contributed by atoms with E-state index in [0.29, 0.717) is 11.8 Å². The smallest absolute Gasteiger partial charge is 0.155 e. The van der Waals surface area contributed by atoms with E-state index in [1.54, 1.807) is 11.1 Å². The molecule has 2 heteroatoms. The quantitative estimate of drug-likeness (QED) is 0.208. The molecule has 190 valence electrons. The van der Waals surface area contributed by atoms with Crippen molar-refractivity contribution in [1.29, 1.82) is 0 Å². The molecule has 2 aliphatic carbocycles. The summed E-state index contributed by atoms with van der Waals surface area (Å²) in [5.41, 5.74) is 11.1. The predicted molar refractivity (Wildman–Crippen MR) is 157 cm³/mol. The van der Waals surface area contributed by atoms with Crippen LogP contribution in [0.25, 0.3) is 21.8 Å².